The number of ketones is 1. The van der Waals surface area contributed by atoms with Crippen LogP contribution in [-0.4, -0.2) is 12.6 Å². The summed E-state index contributed by atoms with van der Waals surface area (Å²) in [6.45, 7) is 0.235. The number of fused-ring (bicyclic) bond motifs is 3. The highest BCUT2D eigenvalue weighted by Gasteiger charge is 2.27. The van der Waals surface area contributed by atoms with Gasteiger partial charge in [-0.3, -0.25) is 4.79 Å². The van der Waals surface area contributed by atoms with Crippen molar-refractivity contribution in [2.24, 2.45) is 0 Å². The van der Waals surface area contributed by atoms with Crippen LogP contribution in [0, 0.1) is 0 Å². The number of hydrogen-bond donors (Lipinski definition) is 0. The van der Waals surface area contributed by atoms with Crippen LogP contribution in [0.4, 0.5) is 0 Å². The molecule has 0 unspecified atom stereocenters. The number of carbonyl (C=O) groups is 1. The van der Waals surface area contributed by atoms with Gasteiger partial charge in [-0.2, -0.15) is 0 Å². The molecule has 0 saturated carbocycles. The van der Waals surface area contributed by atoms with Crippen LogP contribution in [-0.2, 0) is 6.42 Å². The molecule has 0 spiro atoms. The fourth-order valence-electron chi connectivity index (χ4n) is 2.09. The van der Waals surface area contributed by atoms with Gasteiger partial charge >= 0.3 is 0 Å². The zero-order valence-corrected chi connectivity index (χ0v) is 7.71. The Hall–Kier alpha value is -1.51. The second-order valence-electron chi connectivity index (χ2n) is 3.61. The molecular weight excluding hydrogens is 180 g/mol. The summed E-state index contributed by atoms with van der Waals surface area (Å²) < 4.78 is 10.6. The minimum absolute atomic E-state index is 0.189. The van der Waals surface area contributed by atoms with Gasteiger partial charge in [-0.15, -0.1) is 0 Å². The molecule has 3 nitrogen and oxygen atoms in total. The van der Waals surface area contributed by atoms with Crippen LogP contribution < -0.4 is 9.47 Å². The van der Waals surface area contributed by atoms with Crippen LogP contribution in [0.15, 0.2) is 12.1 Å². The predicted octanol–water partition coefficient (Wildman–Crippen LogP) is 1.93. The normalized spacial score (nSPS) is 18.1. The number of Topliss-reactive ketones (excluding diaryl/α,β-unsaturated/α-hetero) is 1. The van der Waals surface area contributed by atoms with Crippen LogP contribution in [0.25, 0.3) is 0 Å². The van der Waals surface area contributed by atoms with Crippen molar-refractivity contribution in [1.29, 1.82) is 0 Å². The third-order valence-electron chi connectivity index (χ3n) is 2.75. The minimum Gasteiger partial charge on any atom is -0.454 e. The van der Waals surface area contributed by atoms with Crippen molar-refractivity contribution in [2.45, 2.75) is 19.3 Å². The summed E-state index contributed by atoms with van der Waals surface area (Å²) in [5.74, 6) is 1.56. The van der Waals surface area contributed by atoms with Crippen molar-refractivity contribution in [2.75, 3.05) is 6.79 Å². The van der Waals surface area contributed by atoms with Crippen molar-refractivity contribution in [3.63, 3.8) is 0 Å². The molecule has 0 radical (unpaired) electrons. The molecule has 1 aromatic carbocycles. The van der Waals surface area contributed by atoms with Crippen molar-refractivity contribution in [1.82, 2.24) is 0 Å². The smallest absolute Gasteiger partial charge is 0.231 e. The van der Waals surface area contributed by atoms with Crippen molar-refractivity contribution in [3.8, 4) is 11.5 Å². The summed E-state index contributed by atoms with van der Waals surface area (Å²) in [5.41, 5.74) is 1.86. The summed E-state index contributed by atoms with van der Waals surface area (Å²) in [4.78, 5) is 11.7. The van der Waals surface area contributed by atoms with E-state index < -0.39 is 0 Å². The Morgan fingerprint density at radius 1 is 1.14 bits per heavy atom. The van der Waals surface area contributed by atoms with Crippen LogP contribution in [0.2, 0.25) is 0 Å². The van der Waals surface area contributed by atoms with Gasteiger partial charge in [0.1, 0.15) is 0 Å². The lowest BCUT2D eigenvalue weighted by atomic mass is 9.90. The lowest BCUT2D eigenvalue weighted by molar-refractivity contribution is 0.0967. The Balaban J connectivity index is 2.24. The molecule has 14 heavy (non-hydrogen) atoms. The fourth-order valence-corrected chi connectivity index (χ4v) is 2.09. The quantitative estimate of drug-likeness (QED) is 0.627. The van der Waals surface area contributed by atoms with E-state index in [1.165, 1.54) is 0 Å². The molecular formula is C11H10O3. The van der Waals surface area contributed by atoms with Crippen LogP contribution in [0.3, 0.4) is 0 Å². The summed E-state index contributed by atoms with van der Waals surface area (Å²) >= 11 is 0. The molecule has 3 rings (SSSR count). The molecule has 1 aromatic rings. The van der Waals surface area contributed by atoms with E-state index in [9.17, 15) is 4.79 Å². The molecule has 0 aromatic heterocycles. The number of rotatable bonds is 0. The average molecular weight is 190 g/mol. The molecule has 0 amide bonds. The molecule has 2 aliphatic rings. The lowest BCUT2D eigenvalue weighted by Crippen LogP contribution is -2.11. The second kappa shape index (κ2) is 2.74. The average Bonchev–Trinajstić information content (AvgIpc) is 2.65. The first-order valence-electron chi connectivity index (χ1n) is 4.81. The largest absolute Gasteiger partial charge is 0.454 e. The Labute approximate surface area is 81.6 Å². The molecule has 3 heteroatoms. The minimum atomic E-state index is 0.189. The van der Waals surface area contributed by atoms with Gasteiger partial charge in [-0.25, -0.2) is 0 Å². The van der Waals surface area contributed by atoms with Crippen molar-refractivity contribution < 1.29 is 14.3 Å². The number of benzene rings is 1. The Bertz CT molecular complexity index is 409. The molecule has 72 valence electrons. The molecule has 0 fully saturated rings. The SMILES string of the molecule is O=C1CCCc2ccc3c(c21)OCO3. The number of hydrogen-bond acceptors (Lipinski definition) is 3. The van der Waals surface area contributed by atoms with Gasteiger partial charge in [0.25, 0.3) is 0 Å². The fraction of sp³-hybridized carbons (Fsp3) is 0.364. The van der Waals surface area contributed by atoms with Crippen LogP contribution >= 0.6 is 0 Å². The summed E-state index contributed by atoms with van der Waals surface area (Å²) in [7, 11) is 0. The van der Waals surface area contributed by atoms with Crippen molar-refractivity contribution >= 4 is 5.78 Å². The Kier molecular flexibility index (Phi) is 1.54. The topological polar surface area (TPSA) is 35.5 Å². The maximum absolute atomic E-state index is 11.7. The third kappa shape index (κ3) is 0.953. The van der Waals surface area contributed by atoms with E-state index in [2.05, 4.69) is 0 Å². The second-order valence-corrected chi connectivity index (χ2v) is 3.61. The number of aryl methyl sites for hydroxylation is 1. The van der Waals surface area contributed by atoms with E-state index in [0.29, 0.717) is 17.9 Å². The first-order chi connectivity index (χ1) is 6.86. The molecule has 0 atom stereocenters. The van der Waals surface area contributed by atoms with E-state index >= 15 is 0 Å². The third-order valence-corrected chi connectivity index (χ3v) is 2.75. The molecule has 0 bridgehead atoms. The molecule has 1 heterocycles. The lowest BCUT2D eigenvalue weighted by Gasteiger charge is -2.15. The molecule has 0 N–H and O–H groups in total. The summed E-state index contributed by atoms with van der Waals surface area (Å²) in [5, 5.41) is 0. The number of ether oxygens (including phenoxy) is 2. The zero-order valence-electron chi connectivity index (χ0n) is 7.71. The van der Waals surface area contributed by atoms with Crippen LogP contribution in [0.5, 0.6) is 11.5 Å². The van der Waals surface area contributed by atoms with E-state index in [1.807, 2.05) is 12.1 Å². The molecule has 1 aliphatic heterocycles. The van der Waals surface area contributed by atoms with Gasteiger partial charge < -0.3 is 9.47 Å². The molecule has 0 saturated heterocycles. The maximum Gasteiger partial charge on any atom is 0.231 e. The Morgan fingerprint density at radius 2 is 2.07 bits per heavy atom. The van der Waals surface area contributed by atoms with E-state index in [-0.39, 0.29) is 12.6 Å². The summed E-state index contributed by atoms with van der Waals surface area (Å²) in [6.07, 6.45) is 2.55. The monoisotopic (exact) mass is 190 g/mol. The van der Waals surface area contributed by atoms with Gasteiger partial charge in [0.2, 0.25) is 6.79 Å². The first-order valence-corrected chi connectivity index (χ1v) is 4.81. The highest BCUT2D eigenvalue weighted by molar-refractivity contribution is 6.01. The highest BCUT2D eigenvalue weighted by Crippen LogP contribution is 2.40. The number of carbonyl (C=O) groups excluding carboxylic acids is 1. The van der Waals surface area contributed by atoms with Gasteiger partial charge in [-0.05, 0) is 24.5 Å². The maximum atomic E-state index is 11.7. The van der Waals surface area contributed by atoms with Crippen LogP contribution in [0.1, 0.15) is 28.8 Å². The highest BCUT2D eigenvalue weighted by atomic mass is 16.7. The van der Waals surface area contributed by atoms with Gasteiger partial charge in [-0.1, -0.05) is 6.07 Å². The van der Waals surface area contributed by atoms with E-state index in [1.54, 1.807) is 0 Å². The van der Waals surface area contributed by atoms with E-state index in [0.717, 1.165) is 24.0 Å². The summed E-state index contributed by atoms with van der Waals surface area (Å²) in [6, 6.07) is 3.86. The van der Waals surface area contributed by atoms with Gasteiger partial charge in [0.15, 0.2) is 17.3 Å². The molecule has 1 aliphatic carbocycles. The van der Waals surface area contributed by atoms with Crippen molar-refractivity contribution in [3.05, 3.63) is 23.3 Å². The first kappa shape index (κ1) is 7.85. The Morgan fingerprint density at radius 3 is 3.00 bits per heavy atom. The standard InChI is InChI=1S/C11H10O3/c12-8-3-1-2-7-4-5-9-11(10(7)8)14-6-13-9/h4-5H,1-3,6H2. The van der Waals surface area contributed by atoms with Gasteiger partial charge in [0, 0.05) is 6.42 Å². The predicted molar refractivity (Wildman–Crippen MR) is 49.8 cm³/mol. The zero-order chi connectivity index (χ0) is 9.54. The van der Waals surface area contributed by atoms with E-state index in [4.69, 9.17) is 9.47 Å². The van der Waals surface area contributed by atoms with Gasteiger partial charge in [0.05, 0.1) is 5.56 Å².